The first-order valence-corrected chi connectivity index (χ1v) is 7.03. The first-order chi connectivity index (χ1) is 9.13. The van der Waals surface area contributed by atoms with Crippen LogP contribution in [0.2, 0.25) is 0 Å². The number of hydrogen-bond donors (Lipinski definition) is 1. The largest absolute Gasteiger partial charge is 0.314 e. The highest BCUT2D eigenvalue weighted by molar-refractivity contribution is 5.85. The van der Waals surface area contributed by atoms with Gasteiger partial charge in [0.25, 0.3) is 0 Å². The van der Waals surface area contributed by atoms with Crippen molar-refractivity contribution in [2.24, 2.45) is 5.92 Å². The lowest BCUT2D eigenvalue weighted by Gasteiger charge is -2.38. The second-order valence-corrected chi connectivity index (χ2v) is 5.28. The van der Waals surface area contributed by atoms with Crippen molar-refractivity contribution in [2.45, 2.75) is 26.3 Å². The smallest absolute Gasteiger partial charge is 0.130 e. The average molecular weight is 341 g/mol. The molecule has 1 saturated heterocycles. The van der Waals surface area contributed by atoms with E-state index >= 15 is 0 Å². The number of piperazine rings is 1. The number of rotatable bonds is 4. The number of nitrogens with one attached hydrogen (secondary N) is 1. The Balaban J connectivity index is 0.00000200. The standard InChI is InChI=1S/C15H22F2N2.2ClH/c1-3-11(2)15(19-8-6-18-7-9-19)13-5-4-12(16)10-14(13)17;;/h4-5,10-11,15,18H,3,6-9H2,1-2H3;2*1H/t11?,15-;;/m1../s1. The van der Waals surface area contributed by atoms with Gasteiger partial charge in [0.1, 0.15) is 11.6 Å². The summed E-state index contributed by atoms with van der Waals surface area (Å²) in [7, 11) is 0. The number of hydrogen-bond acceptors (Lipinski definition) is 2. The van der Waals surface area contributed by atoms with Gasteiger partial charge in [-0.2, -0.15) is 0 Å². The summed E-state index contributed by atoms with van der Waals surface area (Å²) in [6.45, 7) is 7.92. The molecule has 21 heavy (non-hydrogen) atoms. The van der Waals surface area contributed by atoms with Crippen LogP contribution < -0.4 is 5.32 Å². The van der Waals surface area contributed by atoms with E-state index in [4.69, 9.17) is 0 Å². The van der Waals surface area contributed by atoms with Crippen molar-refractivity contribution in [3.8, 4) is 0 Å². The molecule has 0 spiro atoms. The van der Waals surface area contributed by atoms with E-state index in [1.807, 2.05) is 0 Å². The van der Waals surface area contributed by atoms with Crippen LogP contribution in [0.3, 0.4) is 0 Å². The van der Waals surface area contributed by atoms with Crippen LogP contribution in [-0.2, 0) is 0 Å². The summed E-state index contributed by atoms with van der Waals surface area (Å²) in [5.41, 5.74) is 0.623. The molecule has 0 radical (unpaired) electrons. The molecule has 6 heteroatoms. The summed E-state index contributed by atoms with van der Waals surface area (Å²) in [6, 6.07) is 3.99. The van der Waals surface area contributed by atoms with Gasteiger partial charge >= 0.3 is 0 Å². The van der Waals surface area contributed by atoms with E-state index in [1.54, 1.807) is 6.07 Å². The van der Waals surface area contributed by atoms with Gasteiger partial charge in [0.15, 0.2) is 0 Å². The normalized spacial score (nSPS) is 18.3. The fourth-order valence-electron chi connectivity index (χ4n) is 2.79. The SMILES string of the molecule is CCC(C)[C@H](c1ccc(F)cc1F)N1CCNCC1.Cl.Cl. The molecule has 2 nitrogen and oxygen atoms in total. The van der Waals surface area contributed by atoms with Crippen molar-refractivity contribution in [3.63, 3.8) is 0 Å². The molecular weight excluding hydrogens is 317 g/mol. The van der Waals surface area contributed by atoms with Crippen LogP contribution in [0.5, 0.6) is 0 Å². The third kappa shape index (κ3) is 5.06. The summed E-state index contributed by atoms with van der Waals surface area (Å²) >= 11 is 0. The van der Waals surface area contributed by atoms with E-state index in [9.17, 15) is 8.78 Å². The highest BCUT2D eigenvalue weighted by Crippen LogP contribution is 2.32. The molecular formula is C15H24Cl2F2N2. The fraction of sp³-hybridized carbons (Fsp3) is 0.600. The van der Waals surface area contributed by atoms with Crippen LogP contribution >= 0.6 is 24.8 Å². The van der Waals surface area contributed by atoms with Crippen LogP contribution in [0.1, 0.15) is 31.9 Å². The average Bonchev–Trinajstić information content (AvgIpc) is 2.42. The minimum absolute atomic E-state index is 0. The molecule has 1 heterocycles. The summed E-state index contributed by atoms with van der Waals surface area (Å²) in [5.74, 6) is -0.591. The van der Waals surface area contributed by atoms with Crippen molar-refractivity contribution < 1.29 is 8.78 Å². The molecule has 1 N–H and O–H groups in total. The quantitative estimate of drug-likeness (QED) is 0.896. The molecule has 122 valence electrons. The van der Waals surface area contributed by atoms with Gasteiger partial charge in [0.2, 0.25) is 0 Å². The second kappa shape index (κ2) is 9.57. The number of halogens is 4. The zero-order valence-electron chi connectivity index (χ0n) is 12.4. The summed E-state index contributed by atoms with van der Waals surface area (Å²) in [6.07, 6.45) is 0.978. The molecule has 0 saturated carbocycles. The highest BCUT2D eigenvalue weighted by atomic mass is 35.5. The zero-order valence-corrected chi connectivity index (χ0v) is 14.1. The predicted octanol–water partition coefficient (Wildman–Crippen LogP) is 3.80. The van der Waals surface area contributed by atoms with Crippen LogP contribution in [0.25, 0.3) is 0 Å². The van der Waals surface area contributed by atoms with E-state index in [1.165, 1.54) is 6.07 Å². The first-order valence-electron chi connectivity index (χ1n) is 7.03. The molecule has 0 aliphatic carbocycles. The zero-order chi connectivity index (χ0) is 13.8. The van der Waals surface area contributed by atoms with Crippen LogP contribution in [0.15, 0.2) is 18.2 Å². The van der Waals surface area contributed by atoms with E-state index in [2.05, 4.69) is 24.1 Å². The topological polar surface area (TPSA) is 15.3 Å². The Morgan fingerprint density at radius 2 is 1.81 bits per heavy atom. The molecule has 1 fully saturated rings. The third-order valence-corrected chi connectivity index (χ3v) is 4.01. The van der Waals surface area contributed by atoms with E-state index < -0.39 is 11.6 Å². The molecule has 1 aliphatic heterocycles. The van der Waals surface area contributed by atoms with E-state index in [0.717, 1.165) is 38.7 Å². The lowest BCUT2D eigenvalue weighted by molar-refractivity contribution is 0.125. The maximum Gasteiger partial charge on any atom is 0.130 e. The summed E-state index contributed by atoms with van der Waals surface area (Å²) < 4.78 is 27.1. The Kier molecular flexibility index (Phi) is 9.38. The second-order valence-electron chi connectivity index (χ2n) is 5.28. The summed E-state index contributed by atoms with van der Waals surface area (Å²) in [4.78, 5) is 2.31. The maximum atomic E-state index is 14.1. The minimum Gasteiger partial charge on any atom is -0.314 e. The van der Waals surface area contributed by atoms with Gasteiger partial charge in [-0.3, -0.25) is 4.90 Å². The van der Waals surface area contributed by atoms with Crippen molar-refractivity contribution in [1.82, 2.24) is 10.2 Å². The molecule has 1 unspecified atom stereocenters. The lowest BCUT2D eigenvalue weighted by Crippen LogP contribution is -2.46. The number of benzene rings is 1. The Morgan fingerprint density at radius 3 is 2.33 bits per heavy atom. The fourth-order valence-corrected chi connectivity index (χ4v) is 2.79. The molecule has 2 rings (SSSR count). The maximum absolute atomic E-state index is 14.1. The highest BCUT2D eigenvalue weighted by Gasteiger charge is 2.28. The molecule has 1 aromatic rings. The molecule has 1 aliphatic rings. The van der Waals surface area contributed by atoms with E-state index in [-0.39, 0.29) is 30.9 Å². The van der Waals surface area contributed by atoms with Gasteiger partial charge in [-0.05, 0) is 12.0 Å². The molecule has 0 bridgehead atoms. The van der Waals surface area contributed by atoms with Gasteiger partial charge in [-0.15, -0.1) is 24.8 Å². The molecule has 1 aromatic carbocycles. The van der Waals surface area contributed by atoms with E-state index in [0.29, 0.717) is 11.5 Å². The van der Waals surface area contributed by atoms with Gasteiger partial charge in [-0.25, -0.2) is 8.78 Å². The monoisotopic (exact) mass is 340 g/mol. The van der Waals surface area contributed by atoms with Crippen LogP contribution in [0, 0.1) is 17.6 Å². The Hall–Kier alpha value is -0.420. The Morgan fingerprint density at radius 1 is 1.19 bits per heavy atom. The first kappa shape index (κ1) is 20.6. The minimum atomic E-state index is -0.510. The number of nitrogens with zero attached hydrogens (tertiary/aromatic N) is 1. The van der Waals surface area contributed by atoms with Crippen LogP contribution in [-0.4, -0.2) is 31.1 Å². The van der Waals surface area contributed by atoms with Crippen molar-refractivity contribution in [1.29, 1.82) is 0 Å². The van der Waals surface area contributed by atoms with Crippen molar-refractivity contribution >= 4 is 24.8 Å². The summed E-state index contributed by atoms with van der Waals surface area (Å²) in [5, 5.41) is 3.31. The van der Waals surface area contributed by atoms with Gasteiger partial charge in [0, 0.05) is 43.9 Å². The van der Waals surface area contributed by atoms with Gasteiger partial charge < -0.3 is 5.32 Å². The van der Waals surface area contributed by atoms with Crippen molar-refractivity contribution in [2.75, 3.05) is 26.2 Å². The Bertz CT molecular complexity index is 426. The molecule has 2 atom stereocenters. The predicted molar refractivity (Wildman–Crippen MR) is 87.5 cm³/mol. The Labute approximate surface area is 138 Å². The lowest BCUT2D eigenvalue weighted by atomic mass is 9.90. The van der Waals surface area contributed by atoms with Gasteiger partial charge in [-0.1, -0.05) is 26.3 Å². The third-order valence-electron chi connectivity index (χ3n) is 4.01. The molecule has 0 amide bonds. The van der Waals surface area contributed by atoms with Crippen molar-refractivity contribution in [3.05, 3.63) is 35.4 Å². The van der Waals surface area contributed by atoms with Gasteiger partial charge in [0.05, 0.1) is 0 Å². The molecule has 0 aromatic heterocycles. The van der Waals surface area contributed by atoms with Crippen LogP contribution in [0.4, 0.5) is 8.78 Å².